The van der Waals surface area contributed by atoms with Crippen molar-refractivity contribution in [3.05, 3.63) is 23.3 Å². The summed E-state index contributed by atoms with van der Waals surface area (Å²) in [5.74, 6) is -3.70. The Labute approximate surface area is 91.6 Å². The van der Waals surface area contributed by atoms with Crippen molar-refractivity contribution >= 4 is 9.84 Å². The van der Waals surface area contributed by atoms with E-state index in [4.69, 9.17) is 5.73 Å². The third-order valence-electron chi connectivity index (χ3n) is 2.04. The lowest BCUT2D eigenvalue weighted by Gasteiger charge is -2.12. The monoisotopic (exact) mass is 251 g/mol. The van der Waals surface area contributed by atoms with Crippen molar-refractivity contribution in [1.82, 2.24) is 0 Å². The van der Waals surface area contributed by atoms with Crippen LogP contribution in [0.3, 0.4) is 0 Å². The normalized spacial score (nSPS) is 13.8. The molecule has 0 saturated heterocycles. The number of hydrogen-bond acceptors (Lipinski definition) is 4. The molecular weight excluding hydrogens is 240 g/mol. The molecular formula is C9H11F2NO3S. The van der Waals surface area contributed by atoms with Crippen LogP contribution in [0.2, 0.25) is 0 Å². The van der Waals surface area contributed by atoms with E-state index in [-0.39, 0.29) is 5.56 Å². The number of phenols is 1. The lowest BCUT2D eigenvalue weighted by molar-refractivity contribution is 0.402. The van der Waals surface area contributed by atoms with Gasteiger partial charge in [-0.25, -0.2) is 17.2 Å². The first-order valence-electron chi connectivity index (χ1n) is 4.32. The number of rotatable bonds is 2. The largest absolute Gasteiger partial charge is 0.505 e. The second-order valence-electron chi connectivity index (χ2n) is 3.50. The molecule has 0 aliphatic heterocycles. The van der Waals surface area contributed by atoms with Crippen LogP contribution < -0.4 is 5.73 Å². The Balaban J connectivity index is 3.66. The van der Waals surface area contributed by atoms with Crippen molar-refractivity contribution in [3.8, 4) is 5.75 Å². The second-order valence-corrected chi connectivity index (χ2v) is 5.45. The van der Waals surface area contributed by atoms with Gasteiger partial charge < -0.3 is 10.8 Å². The van der Waals surface area contributed by atoms with E-state index in [0.717, 1.165) is 6.07 Å². The minimum atomic E-state index is -4.08. The first-order valence-corrected chi connectivity index (χ1v) is 6.22. The van der Waals surface area contributed by atoms with Crippen LogP contribution in [0.1, 0.15) is 18.5 Å². The SMILES string of the molecule is CC(N)c1cc(F)c(S(C)(=O)=O)c(F)c1O. The summed E-state index contributed by atoms with van der Waals surface area (Å²) in [6.45, 7) is 1.41. The summed E-state index contributed by atoms with van der Waals surface area (Å²) in [6, 6.07) is -0.0861. The Morgan fingerprint density at radius 3 is 2.31 bits per heavy atom. The van der Waals surface area contributed by atoms with E-state index in [2.05, 4.69) is 0 Å². The van der Waals surface area contributed by atoms with Gasteiger partial charge in [0, 0.05) is 17.9 Å². The van der Waals surface area contributed by atoms with Gasteiger partial charge in [0.2, 0.25) is 0 Å². The quantitative estimate of drug-likeness (QED) is 0.824. The maximum atomic E-state index is 13.5. The van der Waals surface area contributed by atoms with Gasteiger partial charge in [-0.2, -0.15) is 0 Å². The smallest absolute Gasteiger partial charge is 0.186 e. The highest BCUT2D eigenvalue weighted by Crippen LogP contribution is 2.32. The van der Waals surface area contributed by atoms with Gasteiger partial charge in [0.05, 0.1) is 0 Å². The third-order valence-corrected chi connectivity index (χ3v) is 3.16. The predicted octanol–water partition coefficient (Wildman–Crippen LogP) is 1.09. The Morgan fingerprint density at radius 2 is 1.94 bits per heavy atom. The van der Waals surface area contributed by atoms with E-state index in [1.165, 1.54) is 6.92 Å². The highest BCUT2D eigenvalue weighted by molar-refractivity contribution is 7.90. The standard InChI is InChI=1S/C9H11F2NO3S/c1-4(12)5-3-6(10)9(16(2,14)15)7(11)8(5)13/h3-4,13H,12H2,1-2H3. The van der Waals surface area contributed by atoms with Crippen LogP contribution in [0.5, 0.6) is 5.75 Å². The third kappa shape index (κ3) is 2.14. The van der Waals surface area contributed by atoms with Gasteiger partial charge in [-0.15, -0.1) is 0 Å². The van der Waals surface area contributed by atoms with E-state index in [9.17, 15) is 22.3 Å². The molecule has 0 spiro atoms. The fourth-order valence-electron chi connectivity index (χ4n) is 1.30. The number of hydrogen-bond donors (Lipinski definition) is 2. The molecule has 4 nitrogen and oxygen atoms in total. The molecule has 0 saturated carbocycles. The molecule has 0 radical (unpaired) electrons. The van der Waals surface area contributed by atoms with Gasteiger partial charge in [0.25, 0.3) is 0 Å². The molecule has 1 aromatic carbocycles. The summed E-state index contributed by atoms with van der Waals surface area (Å²) < 4.78 is 49.0. The number of aromatic hydroxyl groups is 1. The lowest BCUT2D eigenvalue weighted by Crippen LogP contribution is -2.11. The minimum absolute atomic E-state index is 0.178. The molecule has 3 N–H and O–H groups in total. The molecule has 90 valence electrons. The molecule has 1 aromatic rings. The van der Waals surface area contributed by atoms with Gasteiger partial charge in [0.1, 0.15) is 10.7 Å². The number of sulfone groups is 1. The van der Waals surface area contributed by atoms with Gasteiger partial charge in [-0.3, -0.25) is 0 Å². The molecule has 0 bridgehead atoms. The van der Waals surface area contributed by atoms with Crippen LogP contribution in [0.4, 0.5) is 8.78 Å². The number of benzene rings is 1. The van der Waals surface area contributed by atoms with E-state index in [1.807, 2.05) is 0 Å². The molecule has 0 amide bonds. The highest BCUT2D eigenvalue weighted by atomic mass is 32.2. The molecule has 1 unspecified atom stereocenters. The molecule has 0 aliphatic rings. The van der Waals surface area contributed by atoms with Crippen LogP contribution in [0.25, 0.3) is 0 Å². The zero-order valence-electron chi connectivity index (χ0n) is 8.66. The van der Waals surface area contributed by atoms with Crippen molar-refractivity contribution in [1.29, 1.82) is 0 Å². The first kappa shape index (κ1) is 12.9. The molecule has 7 heteroatoms. The van der Waals surface area contributed by atoms with Crippen molar-refractivity contribution in [2.75, 3.05) is 6.26 Å². The number of halogens is 2. The average Bonchev–Trinajstić information content (AvgIpc) is 2.08. The van der Waals surface area contributed by atoms with Gasteiger partial charge in [-0.1, -0.05) is 0 Å². The van der Waals surface area contributed by atoms with Crippen LogP contribution >= 0.6 is 0 Å². The fourth-order valence-corrected chi connectivity index (χ4v) is 2.13. The summed E-state index contributed by atoms with van der Waals surface area (Å²) in [5.41, 5.74) is 5.19. The van der Waals surface area contributed by atoms with E-state index in [1.54, 1.807) is 0 Å². The summed E-state index contributed by atoms with van der Waals surface area (Å²) in [6.07, 6.45) is 0.652. The number of phenolic OH excluding ortho intramolecular Hbond substituents is 1. The fraction of sp³-hybridized carbons (Fsp3) is 0.333. The van der Waals surface area contributed by atoms with Crippen molar-refractivity contribution < 1.29 is 22.3 Å². The summed E-state index contributed by atoms with van der Waals surface area (Å²) in [7, 11) is -4.08. The molecule has 16 heavy (non-hydrogen) atoms. The molecule has 0 heterocycles. The molecule has 1 rings (SSSR count). The van der Waals surface area contributed by atoms with Gasteiger partial charge in [0.15, 0.2) is 21.4 Å². The van der Waals surface area contributed by atoms with Crippen LogP contribution in [-0.2, 0) is 9.84 Å². The summed E-state index contributed by atoms with van der Waals surface area (Å²) in [4.78, 5) is -1.14. The zero-order chi connectivity index (χ0) is 12.7. The Bertz CT molecular complexity index is 526. The molecule has 0 aromatic heterocycles. The van der Waals surface area contributed by atoms with Crippen LogP contribution in [0, 0.1) is 11.6 Å². The molecule has 1 atom stereocenters. The van der Waals surface area contributed by atoms with Crippen molar-refractivity contribution in [2.45, 2.75) is 17.9 Å². The minimum Gasteiger partial charge on any atom is -0.505 e. The summed E-state index contributed by atoms with van der Waals surface area (Å²) in [5, 5.41) is 9.35. The van der Waals surface area contributed by atoms with Gasteiger partial charge in [-0.05, 0) is 13.0 Å². The van der Waals surface area contributed by atoms with Gasteiger partial charge >= 0.3 is 0 Å². The predicted molar refractivity (Wildman–Crippen MR) is 53.7 cm³/mol. The lowest BCUT2D eigenvalue weighted by atomic mass is 10.1. The Morgan fingerprint density at radius 1 is 1.44 bits per heavy atom. The van der Waals surface area contributed by atoms with Crippen molar-refractivity contribution in [2.24, 2.45) is 5.73 Å². The maximum absolute atomic E-state index is 13.5. The van der Waals surface area contributed by atoms with E-state index >= 15 is 0 Å². The van der Waals surface area contributed by atoms with Crippen LogP contribution in [0.15, 0.2) is 11.0 Å². The second kappa shape index (κ2) is 3.99. The first-order chi connectivity index (χ1) is 7.16. The topological polar surface area (TPSA) is 80.4 Å². The molecule has 0 fully saturated rings. The Kier molecular flexibility index (Phi) is 3.20. The van der Waals surface area contributed by atoms with E-state index < -0.39 is 38.2 Å². The highest BCUT2D eigenvalue weighted by Gasteiger charge is 2.26. The summed E-state index contributed by atoms with van der Waals surface area (Å²) >= 11 is 0. The zero-order valence-corrected chi connectivity index (χ0v) is 9.48. The number of nitrogens with two attached hydrogens (primary N) is 1. The van der Waals surface area contributed by atoms with E-state index in [0.29, 0.717) is 6.26 Å². The maximum Gasteiger partial charge on any atom is 0.186 e. The average molecular weight is 251 g/mol. The Hall–Kier alpha value is -1.21. The molecule has 0 aliphatic carbocycles. The van der Waals surface area contributed by atoms with Crippen molar-refractivity contribution in [3.63, 3.8) is 0 Å². The van der Waals surface area contributed by atoms with Crippen LogP contribution in [-0.4, -0.2) is 19.8 Å².